The van der Waals surface area contributed by atoms with Gasteiger partial charge in [-0.05, 0) is 36.4 Å². The van der Waals surface area contributed by atoms with Gasteiger partial charge in [-0.15, -0.1) is 0 Å². The third-order valence-electron chi connectivity index (χ3n) is 3.97. The molecule has 0 N–H and O–H groups in total. The predicted molar refractivity (Wildman–Crippen MR) is 96.1 cm³/mol. The monoisotopic (exact) mass is 370 g/mol. The van der Waals surface area contributed by atoms with Gasteiger partial charge in [-0.3, -0.25) is 9.59 Å². The first-order valence-corrected chi connectivity index (χ1v) is 8.73. The average Bonchev–Trinajstić information content (AvgIpc) is 2.89. The summed E-state index contributed by atoms with van der Waals surface area (Å²) >= 11 is 0.972. The molecule has 1 fully saturated rings. The zero-order valence-corrected chi connectivity index (χ0v) is 15.0. The Morgan fingerprint density at radius 1 is 1.23 bits per heavy atom. The number of hydrogen-bond donors (Lipinski definition) is 0. The topological polar surface area (TPSA) is 93.6 Å². The number of aromatic carboxylic acids is 1. The van der Waals surface area contributed by atoms with Gasteiger partial charge in [-0.2, -0.15) is 0 Å². The number of nitrogens with zero attached hydrogens (tertiary/aromatic N) is 3. The van der Waals surface area contributed by atoms with Crippen molar-refractivity contribution in [3.8, 4) is 0 Å². The maximum atomic E-state index is 12.7. The summed E-state index contributed by atoms with van der Waals surface area (Å²) < 4.78 is 0. The number of carbonyl (C=O) groups is 3. The predicted octanol–water partition coefficient (Wildman–Crippen LogP) is 0.935. The van der Waals surface area contributed by atoms with E-state index in [1.807, 2.05) is 31.1 Å². The Bertz CT molecular complexity index is 867. The van der Waals surface area contributed by atoms with Crippen LogP contribution in [0.3, 0.4) is 0 Å². The lowest BCUT2D eigenvalue weighted by Crippen LogP contribution is -2.31. The summed E-state index contributed by atoms with van der Waals surface area (Å²) in [6.07, 6.45) is 1.43. The molecule has 0 bridgehead atoms. The van der Waals surface area contributed by atoms with E-state index >= 15 is 0 Å². The Kier molecular flexibility index (Phi) is 4.94. The zero-order valence-electron chi connectivity index (χ0n) is 14.2. The number of amides is 2. The van der Waals surface area contributed by atoms with Gasteiger partial charge in [0.1, 0.15) is 5.03 Å². The molecule has 0 spiro atoms. The van der Waals surface area contributed by atoms with E-state index in [9.17, 15) is 19.5 Å². The number of carboxylic acids is 1. The van der Waals surface area contributed by atoms with Crippen LogP contribution in [-0.4, -0.2) is 42.1 Å². The third-order valence-corrected chi connectivity index (χ3v) is 5.18. The van der Waals surface area contributed by atoms with Crippen LogP contribution >= 0.6 is 11.8 Å². The fourth-order valence-corrected chi connectivity index (χ4v) is 3.74. The minimum Gasteiger partial charge on any atom is -0.545 e. The van der Waals surface area contributed by atoms with Gasteiger partial charge >= 0.3 is 0 Å². The average molecular weight is 370 g/mol. The van der Waals surface area contributed by atoms with Crippen molar-refractivity contribution in [2.75, 3.05) is 23.9 Å². The van der Waals surface area contributed by atoms with Crippen LogP contribution in [-0.2, 0) is 9.59 Å². The molecule has 2 amide bonds. The molecule has 3 rings (SSSR count). The van der Waals surface area contributed by atoms with Crippen LogP contribution in [0.15, 0.2) is 47.6 Å². The van der Waals surface area contributed by atoms with Crippen molar-refractivity contribution in [1.82, 2.24) is 4.98 Å². The van der Waals surface area contributed by atoms with E-state index in [0.717, 1.165) is 22.3 Å². The van der Waals surface area contributed by atoms with Gasteiger partial charge in [-0.1, -0.05) is 11.8 Å². The van der Waals surface area contributed by atoms with Crippen LogP contribution in [0.1, 0.15) is 16.8 Å². The van der Waals surface area contributed by atoms with Crippen molar-refractivity contribution in [3.05, 3.63) is 48.2 Å². The number of imide groups is 1. The normalized spacial score (nSPS) is 16.8. The summed E-state index contributed by atoms with van der Waals surface area (Å²) in [6.45, 7) is 0. The van der Waals surface area contributed by atoms with Gasteiger partial charge in [0.2, 0.25) is 11.8 Å². The van der Waals surface area contributed by atoms with E-state index in [-0.39, 0.29) is 28.8 Å². The lowest BCUT2D eigenvalue weighted by Gasteiger charge is -2.17. The highest BCUT2D eigenvalue weighted by molar-refractivity contribution is 8.00. The SMILES string of the molecule is CN(C)c1ccc(N2C(=O)CC(Sc3ncccc3C(=O)[O-])C2=O)cc1. The number of carboxylic acid groups (broad SMARTS) is 1. The number of aromatic nitrogens is 1. The fraction of sp³-hybridized carbons (Fsp3) is 0.222. The van der Waals surface area contributed by atoms with Crippen LogP contribution in [0.5, 0.6) is 0 Å². The lowest BCUT2D eigenvalue weighted by molar-refractivity contribution is -0.255. The Hall–Kier alpha value is -2.87. The number of benzene rings is 1. The molecule has 0 saturated carbocycles. The second-order valence-electron chi connectivity index (χ2n) is 5.93. The molecule has 1 saturated heterocycles. The summed E-state index contributed by atoms with van der Waals surface area (Å²) in [4.78, 5) is 43.3. The minimum absolute atomic E-state index is 0.0119. The number of pyridine rings is 1. The molecular formula is C18H16N3O4S-. The van der Waals surface area contributed by atoms with Crippen LogP contribution < -0.4 is 14.9 Å². The Morgan fingerprint density at radius 3 is 2.54 bits per heavy atom. The molecule has 1 atom stereocenters. The summed E-state index contributed by atoms with van der Waals surface area (Å²) in [5.74, 6) is -2.07. The van der Waals surface area contributed by atoms with Crippen LogP contribution in [0.25, 0.3) is 0 Å². The first-order chi connectivity index (χ1) is 12.4. The molecule has 8 heteroatoms. The first-order valence-electron chi connectivity index (χ1n) is 7.85. The molecule has 1 aliphatic rings. The van der Waals surface area contributed by atoms with Crippen molar-refractivity contribution in [2.24, 2.45) is 0 Å². The highest BCUT2D eigenvalue weighted by Crippen LogP contribution is 2.34. The second-order valence-corrected chi connectivity index (χ2v) is 7.12. The van der Waals surface area contributed by atoms with E-state index in [1.165, 1.54) is 18.3 Å². The molecule has 1 aromatic heterocycles. The maximum Gasteiger partial charge on any atom is 0.247 e. The molecule has 2 aromatic rings. The van der Waals surface area contributed by atoms with Crippen molar-refractivity contribution >= 4 is 40.9 Å². The first kappa shape index (κ1) is 17.9. The van der Waals surface area contributed by atoms with Crippen LogP contribution in [0, 0.1) is 0 Å². The van der Waals surface area contributed by atoms with E-state index in [2.05, 4.69) is 4.98 Å². The van der Waals surface area contributed by atoms with E-state index in [4.69, 9.17) is 0 Å². The summed E-state index contributed by atoms with van der Waals surface area (Å²) in [5, 5.41) is 10.6. The standard InChI is InChI=1S/C18H17N3O4S/c1-20(2)11-5-7-12(8-6-11)21-15(22)10-14(17(21)23)26-16-13(18(24)25)4-3-9-19-16/h3-9,14H,10H2,1-2H3,(H,24,25)/p-1. The minimum atomic E-state index is -1.37. The summed E-state index contributed by atoms with van der Waals surface area (Å²) in [7, 11) is 3.80. The Morgan fingerprint density at radius 2 is 1.92 bits per heavy atom. The fourth-order valence-electron chi connectivity index (χ4n) is 2.64. The molecule has 26 heavy (non-hydrogen) atoms. The van der Waals surface area contributed by atoms with Crippen molar-refractivity contribution in [2.45, 2.75) is 16.7 Å². The smallest absolute Gasteiger partial charge is 0.247 e. The maximum absolute atomic E-state index is 12.7. The molecule has 7 nitrogen and oxygen atoms in total. The summed E-state index contributed by atoms with van der Waals surface area (Å²) in [6, 6.07) is 9.92. The van der Waals surface area contributed by atoms with Gasteiger partial charge < -0.3 is 14.8 Å². The molecule has 1 aliphatic heterocycles. The lowest BCUT2D eigenvalue weighted by atomic mass is 10.2. The van der Waals surface area contributed by atoms with Crippen LogP contribution in [0.4, 0.5) is 11.4 Å². The Balaban J connectivity index is 1.82. The molecule has 0 aliphatic carbocycles. The van der Waals surface area contributed by atoms with E-state index in [0.29, 0.717) is 5.69 Å². The number of thioether (sulfide) groups is 1. The molecule has 0 radical (unpaired) electrons. The Labute approximate surface area is 154 Å². The van der Waals surface area contributed by atoms with Crippen molar-refractivity contribution in [3.63, 3.8) is 0 Å². The van der Waals surface area contributed by atoms with Gasteiger partial charge in [0.15, 0.2) is 0 Å². The molecular weight excluding hydrogens is 354 g/mol. The van der Waals surface area contributed by atoms with Crippen molar-refractivity contribution in [1.29, 1.82) is 0 Å². The molecule has 134 valence electrons. The third kappa shape index (κ3) is 3.41. The van der Waals surface area contributed by atoms with Crippen molar-refractivity contribution < 1.29 is 19.5 Å². The number of anilines is 2. The van der Waals surface area contributed by atoms with E-state index in [1.54, 1.807) is 12.1 Å². The van der Waals surface area contributed by atoms with Gasteiger partial charge in [0.25, 0.3) is 0 Å². The zero-order chi connectivity index (χ0) is 18.8. The van der Waals surface area contributed by atoms with Crippen LogP contribution in [0.2, 0.25) is 0 Å². The summed E-state index contributed by atoms with van der Waals surface area (Å²) in [5.41, 5.74) is 1.35. The highest BCUT2D eigenvalue weighted by atomic mass is 32.2. The molecule has 2 heterocycles. The second kappa shape index (κ2) is 7.17. The number of rotatable bonds is 5. The quantitative estimate of drug-likeness (QED) is 0.723. The number of hydrogen-bond acceptors (Lipinski definition) is 7. The van der Waals surface area contributed by atoms with Gasteiger partial charge in [0, 0.05) is 38.0 Å². The molecule has 1 unspecified atom stereocenters. The largest absolute Gasteiger partial charge is 0.545 e. The highest BCUT2D eigenvalue weighted by Gasteiger charge is 2.40. The number of carbonyl (C=O) groups excluding carboxylic acids is 3. The van der Waals surface area contributed by atoms with Gasteiger partial charge in [-0.25, -0.2) is 9.88 Å². The van der Waals surface area contributed by atoms with E-state index < -0.39 is 11.2 Å². The molecule has 1 aromatic carbocycles. The van der Waals surface area contributed by atoms with Gasteiger partial charge in [0.05, 0.1) is 16.9 Å².